The van der Waals surface area contributed by atoms with Gasteiger partial charge in [-0.05, 0) is 35.7 Å². The number of benzene rings is 2. The molecule has 1 atom stereocenters. The van der Waals surface area contributed by atoms with Gasteiger partial charge in [-0.15, -0.1) is 6.58 Å². The second kappa shape index (κ2) is 10.1. The molecule has 0 aliphatic carbocycles. The van der Waals surface area contributed by atoms with Crippen molar-refractivity contribution in [1.82, 2.24) is 14.8 Å². The fraction of sp³-hybridized carbons (Fsp3) is 0.222. The van der Waals surface area contributed by atoms with Gasteiger partial charge in [-0.3, -0.25) is 14.6 Å². The molecule has 1 aromatic heterocycles. The zero-order valence-corrected chi connectivity index (χ0v) is 18.1. The second-order valence-electron chi connectivity index (χ2n) is 7.99. The summed E-state index contributed by atoms with van der Waals surface area (Å²) >= 11 is 0. The number of nitrogens with zero attached hydrogens (tertiary/aromatic N) is 3. The van der Waals surface area contributed by atoms with Crippen LogP contribution in [0.2, 0.25) is 0 Å². The summed E-state index contributed by atoms with van der Waals surface area (Å²) in [4.78, 5) is 34.5. The summed E-state index contributed by atoms with van der Waals surface area (Å²) in [6.07, 6.45) is 5.88. The Morgan fingerprint density at radius 1 is 1.03 bits per heavy atom. The Bertz CT molecular complexity index is 1080. The number of aromatic nitrogens is 1. The maximum Gasteiger partial charge on any atom is 0.253 e. The summed E-state index contributed by atoms with van der Waals surface area (Å²) in [5, 5.41) is 0. The molecule has 2 heterocycles. The van der Waals surface area contributed by atoms with E-state index in [1.54, 1.807) is 12.3 Å². The van der Waals surface area contributed by atoms with Gasteiger partial charge in [-0.2, -0.15) is 0 Å². The molecule has 0 N–H and O–H groups in total. The number of hydrogen-bond donors (Lipinski definition) is 0. The molecule has 0 unspecified atom stereocenters. The van der Waals surface area contributed by atoms with E-state index in [4.69, 9.17) is 0 Å². The molecule has 4 rings (SSSR count). The van der Waals surface area contributed by atoms with E-state index in [9.17, 15) is 9.59 Å². The molecule has 5 heteroatoms. The summed E-state index contributed by atoms with van der Waals surface area (Å²) in [6, 6.07) is 21.3. The molecule has 5 nitrogen and oxygen atoms in total. The Hall–Kier alpha value is -3.73. The van der Waals surface area contributed by atoms with Crippen LogP contribution in [0.3, 0.4) is 0 Å². The maximum atomic E-state index is 13.4. The van der Waals surface area contributed by atoms with Crippen molar-refractivity contribution in [3.05, 3.63) is 103 Å². The number of hydrogen-bond acceptors (Lipinski definition) is 3. The minimum atomic E-state index is -0.331. The summed E-state index contributed by atoms with van der Waals surface area (Å²) in [7, 11) is 0. The Balaban J connectivity index is 1.64. The van der Waals surface area contributed by atoms with Crippen LogP contribution in [-0.2, 0) is 11.2 Å². The van der Waals surface area contributed by atoms with Gasteiger partial charge in [0.15, 0.2) is 0 Å². The molecule has 32 heavy (non-hydrogen) atoms. The van der Waals surface area contributed by atoms with E-state index in [1.807, 2.05) is 70.6 Å². The van der Waals surface area contributed by atoms with Gasteiger partial charge in [-0.25, -0.2) is 0 Å². The van der Waals surface area contributed by atoms with Crippen LogP contribution in [0.1, 0.15) is 15.9 Å². The number of carbonyl (C=O) groups excluding carboxylic acids is 2. The lowest BCUT2D eigenvalue weighted by molar-refractivity contribution is -0.134. The number of amides is 2. The van der Waals surface area contributed by atoms with Crippen molar-refractivity contribution in [2.24, 2.45) is 5.92 Å². The average molecular weight is 426 g/mol. The quantitative estimate of drug-likeness (QED) is 0.559. The summed E-state index contributed by atoms with van der Waals surface area (Å²) in [5.74, 6) is -0.304. The van der Waals surface area contributed by atoms with E-state index in [0.29, 0.717) is 38.2 Å². The van der Waals surface area contributed by atoms with E-state index in [1.165, 1.54) is 0 Å². The first-order valence-corrected chi connectivity index (χ1v) is 10.9. The largest absolute Gasteiger partial charge is 0.337 e. The Morgan fingerprint density at radius 3 is 2.56 bits per heavy atom. The first kappa shape index (κ1) is 21.5. The van der Waals surface area contributed by atoms with Crippen molar-refractivity contribution < 1.29 is 9.59 Å². The van der Waals surface area contributed by atoms with Crippen LogP contribution >= 0.6 is 0 Å². The van der Waals surface area contributed by atoms with Gasteiger partial charge in [0.1, 0.15) is 0 Å². The molecule has 0 spiro atoms. The van der Waals surface area contributed by atoms with E-state index < -0.39 is 0 Å². The van der Waals surface area contributed by atoms with Gasteiger partial charge < -0.3 is 9.80 Å². The normalized spacial score (nSPS) is 16.5. The molecule has 1 saturated heterocycles. The predicted octanol–water partition coefficient (Wildman–Crippen LogP) is 4.08. The third-order valence-electron chi connectivity index (χ3n) is 5.86. The highest BCUT2D eigenvalue weighted by molar-refractivity contribution is 5.95. The summed E-state index contributed by atoms with van der Waals surface area (Å²) < 4.78 is 0. The lowest BCUT2D eigenvalue weighted by atomic mass is 9.91. The number of rotatable bonds is 6. The minimum absolute atomic E-state index is 0.0376. The lowest BCUT2D eigenvalue weighted by Crippen LogP contribution is -2.38. The highest BCUT2D eigenvalue weighted by atomic mass is 16.2. The zero-order valence-electron chi connectivity index (χ0n) is 18.1. The van der Waals surface area contributed by atoms with Crippen LogP contribution in [-0.4, -0.2) is 52.8 Å². The summed E-state index contributed by atoms with van der Waals surface area (Å²) in [6.45, 7) is 5.68. The fourth-order valence-electron chi connectivity index (χ4n) is 4.25. The molecule has 0 saturated carbocycles. The summed E-state index contributed by atoms with van der Waals surface area (Å²) in [5.41, 5.74) is 3.80. The second-order valence-corrected chi connectivity index (χ2v) is 7.99. The van der Waals surface area contributed by atoms with Gasteiger partial charge >= 0.3 is 0 Å². The van der Waals surface area contributed by atoms with Crippen LogP contribution in [0.25, 0.3) is 11.1 Å². The molecule has 3 aromatic rings. The molecule has 1 fully saturated rings. The van der Waals surface area contributed by atoms with Crippen LogP contribution in [0.4, 0.5) is 0 Å². The van der Waals surface area contributed by atoms with Crippen molar-refractivity contribution in [2.75, 3.05) is 26.2 Å². The molecule has 0 bridgehead atoms. The van der Waals surface area contributed by atoms with Gasteiger partial charge in [0.05, 0.1) is 5.92 Å². The van der Waals surface area contributed by atoms with Gasteiger partial charge in [0, 0.05) is 49.7 Å². The SMILES string of the molecule is C=CCN1CCN(C(=O)c2ccccc2)C[C@@H](Cc2ccccc2-c2cccnc2)C1=O. The standard InChI is InChI=1S/C27H27N3O2/c1-2-15-29-16-17-30(26(31)21-9-4-3-5-10-21)20-24(27(29)32)18-22-11-6-7-13-25(22)23-12-8-14-28-19-23/h2-14,19,24H,1,15-18,20H2/t24-/m1/s1. The molecule has 0 radical (unpaired) electrons. The first-order chi connectivity index (χ1) is 15.7. The van der Waals surface area contributed by atoms with E-state index >= 15 is 0 Å². The lowest BCUT2D eigenvalue weighted by Gasteiger charge is -2.24. The minimum Gasteiger partial charge on any atom is -0.337 e. The van der Waals surface area contributed by atoms with E-state index in [0.717, 1.165) is 16.7 Å². The highest BCUT2D eigenvalue weighted by Crippen LogP contribution is 2.27. The van der Waals surface area contributed by atoms with Crippen molar-refractivity contribution >= 4 is 11.8 Å². The fourth-order valence-corrected chi connectivity index (χ4v) is 4.25. The monoisotopic (exact) mass is 425 g/mol. The number of pyridine rings is 1. The third-order valence-corrected chi connectivity index (χ3v) is 5.86. The van der Waals surface area contributed by atoms with Gasteiger partial charge in [0.25, 0.3) is 5.91 Å². The molecule has 2 aromatic carbocycles. The smallest absolute Gasteiger partial charge is 0.253 e. The predicted molar refractivity (Wildman–Crippen MR) is 126 cm³/mol. The molecular weight excluding hydrogens is 398 g/mol. The van der Waals surface area contributed by atoms with Crippen LogP contribution in [0, 0.1) is 5.92 Å². The van der Waals surface area contributed by atoms with Gasteiger partial charge in [-0.1, -0.05) is 54.6 Å². The molecule has 1 aliphatic heterocycles. The molecular formula is C27H27N3O2. The van der Waals surface area contributed by atoms with Crippen LogP contribution < -0.4 is 0 Å². The van der Waals surface area contributed by atoms with Crippen LogP contribution in [0.15, 0.2) is 91.8 Å². The maximum absolute atomic E-state index is 13.4. The molecule has 162 valence electrons. The van der Waals surface area contributed by atoms with E-state index in [-0.39, 0.29) is 17.7 Å². The Morgan fingerprint density at radius 2 is 1.81 bits per heavy atom. The zero-order chi connectivity index (χ0) is 22.3. The Kier molecular flexibility index (Phi) is 6.75. The third kappa shape index (κ3) is 4.78. The average Bonchev–Trinajstić information content (AvgIpc) is 3.00. The Labute approximate surface area is 189 Å². The molecule has 2 amide bonds. The van der Waals surface area contributed by atoms with Crippen molar-refractivity contribution in [3.63, 3.8) is 0 Å². The first-order valence-electron chi connectivity index (χ1n) is 10.9. The van der Waals surface area contributed by atoms with Crippen molar-refractivity contribution in [1.29, 1.82) is 0 Å². The van der Waals surface area contributed by atoms with Crippen LogP contribution in [0.5, 0.6) is 0 Å². The van der Waals surface area contributed by atoms with E-state index in [2.05, 4.69) is 23.7 Å². The number of carbonyl (C=O) groups is 2. The highest BCUT2D eigenvalue weighted by Gasteiger charge is 2.32. The van der Waals surface area contributed by atoms with Crippen molar-refractivity contribution in [2.45, 2.75) is 6.42 Å². The topological polar surface area (TPSA) is 53.5 Å². The molecule has 1 aliphatic rings. The van der Waals surface area contributed by atoms with Gasteiger partial charge in [0.2, 0.25) is 5.91 Å². The van der Waals surface area contributed by atoms with Crippen molar-refractivity contribution in [3.8, 4) is 11.1 Å².